The Morgan fingerprint density at radius 1 is 1.18 bits per heavy atom. The Morgan fingerprint density at radius 2 is 1.95 bits per heavy atom. The summed E-state index contributed by atoms with van der Waals surface area (Å²) >= 11 is 1.71. The lowest BCUT2D eigenvalue weighted by atomic mass is 10.2. The molecule has 0 N–H and O–H groups in total. The number of rotatable bonds is 6. The van der Waals surface area contributed by atoms with Crippen LogP contribution in [0.2, 0.25) is 0 Å². The summed E-state index contributed by atoms with van der Waals surface area (Å²) in [6, 6.07) is 4.49. The van der Waals surface area contributed by atoms with Crippen molar-refractivity contribution < 1.29 is 4.79 Å². The molecule has 1 atom stereocenters. The molecule has 0 unspecified atom stereocenters. The van der Waals surface area contributed by atoms with E-state index in [0.29, 0.717) is 17.7 Å². The highest BCUT2D eigenvalue weighted by atomic mass is 32.2. The normalized spacial score (nSPS) is 22.4. The van der Waals surface area contributed by atoms with Gasteiger partial charge in [0.1, 0.15) is 0 Å². The van der Waals surface area contributed by atoms with Gasteiger partial charge >= 0.3 is 0 Å². The molecule has 0 radical (unpaired) electrons. The van der Waals surface area contributed by atoms with E-state index in [1.165, 1.54) is 44.3 Å². The van der Waals surface area contributed by atoms with E-state index in [1.54, 1.807) is 11.8 Å². The first-order valence-electron chi connectivity index (χ1n) is 8.31. The summed E-state index contributed by atoms with van der Waals surface area (Å²) in [5, 5.41) is 0. The third-order valence-electron chi connectivity index (χ3n) is 4.61. The average Bonchev–Trinajstić information content (AvgIpc) is 3.20. The fourth-order valence-electron chi connectivity index (χ4n) is 3.44. The number of carbonyl (C=O) groups excluding carboxylic acids is 1. The Kier molecular flexibility index (Phi) is 5.73. The molecule has 120 valence electrons. The van der Waals surface area contributed by atoms with Crippen LogP contribution >= 0.6 is 11.8 Å². The minimum atomic E-state index is 0.320. The third kappa shape index (κ3) is 4.23. The minimum Gasteiger partial charge on any atom is -0.338 e. The molecule has 2 saturated heterocycles. The van der Waals surface area contributed by atoms with Crippen LogP contribution in [0.1, 0.15) is 31.2 Å². The fraction of sp³-hybridized carbons (Fsp3) is 0.647. The van der Waals surface area contributed by atoms with E-state index in [9.17, 15) is 4.79 Å². The smallest absolute Gasteiger partial charge is 0.232 e. The monoisotopic (exact) mass is 319 g/mol. The van der Waals surface area contributed by atoms with E-state index in [1.807, 2.05) is 24.5 Å². The van der Waals surface area contributed by atoms with Crippen molar-refractivity contribution in [3.05, 3.63) is 30.1 Å². The first-order chi connectivity index (χ1) is 10.8. The number of aromatic nitrogens is 1. The van der Waals surface area contributed by atoms with Crippen molar-refractivity contribution in [1.29, 1.82) is 0 Å². The molecule has 3 rings (SSSR count). The van der Waals surface area contributed by atoms with Crippen LogP contribution in [0, 0.1) is 0 Å². The minimum absolute atomic E-state index is 0.320. The maximum Gasteiger partial charge on any atom is 0.232 e. The van der Waals surface area contributed by atoms with Gasteiger partial charge in [-0.15, -0.1) is 11.8 Å². The molecule has 2 aliphatic rings. The van der Waals surface area contributed by atoms with Crippen molar-refractivity contribution in [2.75, 3.05) is 31.9 Å². The maximum absolute atomic E-state index is 12.5. The lowest BCUT2D eigenvalue weighted by Crippen LogP contribution is -2.43. The van der Waals surface area contributed by atoms with Gasteiger partial charge in [-0.1, -0.05) is 0 Å². The van der Waals surface area contributed by atoms with Gasteiger partial charge in [0.2, 0.25) is 5.91 Å². The van der Waals surface area contributed by atoms with Crippen molar-refractivity contribution in [3.8, 4) is 0 Å². The van der Waals surface area contributed by atoms with Crippen molar-refractivity contribution in [2.45, 2.75) is 37.5 Å². The fourth-order valence-corrected chi connectivity index (χ4v) is 4.31. The number of hydrogen-bond donors (Lipinski definition) is 0. The van der Waals surface area contributed by atoms with Crippen molar-refractivity contribution in [1.82, 2.24) is 14.8 Å². The van der Waals surface area contributed by atoms with E-state index < -0.39 is 0 Å². The first kappa shape index (κ1) is 15.8. The van der Waals surface area contributed by atoms with Gasteiger partial charge in [0, 0.05) is 37.3 Å². The Morgan fingerprint density at radius 3 is 2.73 bits per heavy atom. The molecule has 3 heterocycles. The van der Waals surface area contributed by atoms with Crippen molar-refractivity contribution in [2.24, 2.45) is 0 Å². The maximum atomic E-state index is 12.5. The molecule has 0 saturated carbocycles. The zero-order valence-corrected chi connectivity index (χ0v) is 13.9. The standard InChI is InChI=1S/C17H25N3OS/c21-17(14-22-13-15-5-7-18-8-6-15)20-11-3-4-16(20)12-19-9-1-2-10-19/h5-8,16H,1-4,9-14H2/t16-/m1/s1. The van der Waals surface area contributed by atoms with Crippen LogP contribution in [0.25, 0.3) is 0 Å². The number of amides is 1. The molecular formula is C17H25N3OS. The molecular weight excluding hydrogens is 294 g/mol. The van der Waals surface area contributed by atoms with E-state index in [4.69, 9.17) is 0 Å². The highest BCUT2D eigenvalue weighted by Gasteiger charge is 2.30. The molecule has 0 bridgehead atoms. The molecule has 2 fully saturated rings. The van der Waals surface area contributed by atoms with Gasteiger partial charge in [0.05, 0.1) is 5.75 Å². The average molecular weight is 319 g/mol. The van der Waals surface area contributed by atoms with Gasteiger partial charge in [-0.25, -0.2) is 0 Å². The second-order valence-corrected chi connectivity index (χ2v) is 7.22. The predicted molar refractivity (Wildman–Crippen MR) is 90.8 cm³/mol. The highest BCUT2D eigenvalue weighted by Crippen LogP contribution is 2.22. The van der Waals surface area contributed by atoms with Crippen molar-refractivity contribution >= 4 is 17.7 Å². The second-order valence-electron chi connectivity index (χ2n) is 6.24. The van der Waals surface area contributed by atoms with E-state index in [2.05, 4.69) is 14.8 Å². The summed E-state index contributed by atoms with van der Waals surface area (Å²) in [6.45, 7) is 4.47. The number of nitrogens with zero attached hydrogens (tertiary/aromatic N) is 3. The summed E-state index contributed by atoms with van der Waals surface area (Å²) in [7, 11) is 0. The molecule has 22 heavy (non-hydrogen) atoms. The van der Waals surface area contributed by atoms with Crippen LogP contribution in [-0.2, 0) is 10.5 Å². The number of carbonyl (C=O) groups is 1. The SMILES string of the molecule is O=C(CSCc1ccncc1)N1CCC[C@@H]1CN1CCCC1. The number of thioether (sulfide) groups is 1. The topological polar surface area (TPSA) is 36.4 Å². The Balaban J connectivity index is 1.44. The van der Waals surface area contributed by atoms with Gasteiger partial charge in [-0.05, 0) is 56.5 Å². The van der Waals surface area contributed by atoms with E-state index >= 15 is 0 Å². The Bertz CT molecular complexity index is 476. The van der Waals surface area contributed by atoms with Crippen LogP contribution in [0.5, 0.6) is 0 Å². The molecule has 1 aromatic heterocycles. The van der Waals surface area contributed by atoms with Crippen LogP contribution < -0.4 is 0 Å². The summed E-state index contributed by atoms with van der Waals surface area (Å²) in [5.74, 6) is 1.80. The van der Waals surface area contributed by atoms with Gasteiger partial charge in [-0.3, -0.25) is 9.78 Å². The second kappa shape index (κ2) is 7.97. The van der Waals surface area contributed by atoms with Gasteiger partial charge in [0.15, 0.2) is 0 Å². The summed E-state index contributed by atoms with van der Waals surface area (Å²) in [4.78, 5) is 21.2. The van der Waals surface area contributed by atoms with Crippen LogP contribution in [0.15, 0.2) is 24.5 Å². The highest BCUT2D eigenvalue weighted by molar-refractivity contribution is 7.99. The van der Waals surface area contributed by atoms with E-state index in [-0.39, 0.29) is 0 Å². The van der Waals surface area contributed by atoms with Crippen LogP contribution in [0.3, 0.4) is 0 Å². The first-order valence-corrected chi connectivity index (χ1v) is 9.47. The number of likely N-dealkylation sites (tertiary alicyclic amines) is 2. The largest absolute Gasteiger partial charge is 0.338 e. The predicted octanol–water partition coefficient (Wildman–Crippen LogP) is 2.40. The zero-order valence-electron chi connectivity index (χ0n) is 13.1. The summed E-state index contributed by atoms with van der Waals surface area (Å²) in [5.41, 5.74) is 1.24. The van der Waals surface area contributed by atoms with Gasteiger partial charge in [-0.2, -0.15) is 0 Å². The molecule has 0 aromatic carbocycles. The molecule has 1 aromatic rings. The molecule has 0 aliphatic carbocycles. The summed E-state index contributed by atoms with van der Waals surface area (Å²) < 4.78 is 0. The lowest BCUT2D eigenvalue weighted by Gasteiger charge is -2.28. The quantitative estimate of drug-likeness (QED) is 0.807. The molecule has 0 spiro atoms. The van der Waals surface area contributed by atoms with Gasteiger partial charge < -0.3 is 9.80 Å². The van der Waals surface area contributed by atoms with Crippen LogP contribution in [0.4, 0.5) is 0 Å². The number of hydrogen-bond acceptors (Lipinski definition) is 4. The Labute approximate surface area is 137 Å². The lowest BCUT2D eigenvalue weighted by molar-refractivity contribution is -0.129. The van der Waals surface area contributed by atoms with E-state index in [0.717, 1.165) is 18.8 Å². The molecule has 5 heteroatoms. The molecule has 2 aliphatic heterocycles. The van der Waals surface area contributed by atoms with Gasteiger partial charge in [0.25, 0.3) is 0 Å². The number of pyridine rings is 1. The Hall–Kier alpha value is -1.07. The zero-order chi connectivity index (χ0) is 15.2. The molecule has 4 nitrogen and oxygen atoms in total. The van der Waals surface area contributed by atoms with Crippen LogP contribution in [-0.4, -0.2) is 58.7 Å². The third-order valence-corrected chi connectivity index (χ3v) is 5.60. The summed E-state index contributed by atoms with van der Waals surface area (Å²) in [6.07, 6.45) is 8.61. The molecule has 1 amide bonds. The van der Waals surface area contributed by atoms with Crippen molar-refractivity contribution in [3.63, 3.8) is 0 Å².